The zero-order valence-electron chi connectivity index (χ0n) is 15.2. The van der Waals surface area contributed by atoms with E-state index in [-0.39, 0.29) is 31.2 Å². The van der Waals surface area contributed by atoms with Gasteiger partial charge in [0.15, 0.2) is 5.78 Å². The summed E-state index contributed by atoms with van der Waals surface area (Å²) in [6, 6.07) is 8.87. The lowest BCUT2D eigenvalue weighted by Gasteiger charge is -2.07. The van der Waals surface area contributed by atoms with Gasteiger partial charge in [0.2, 0.25) is 0 Å². The third-order valence-electron chi connectivity index (χ3n) is 3.89. The number of ether oxygens (including phenoxy) is 2. The molecule has 2 rings (SSSR count). The van der Waals surface area contributed by atoms with Crippen LogP contribution in [0.15, 0.2) is 42.7 Å². The zero-order valence-corrected chi connectivity index (χ0v) is 15.2. The van der Waals surface area contributed by atoms with E-state index in [0.717, 1.165) is 25.0 Å². The third-order valence-corrected chi connectivity index (χ3v) is 3.89. The van der Waals surface area contributed by atoms with Crippen LogP contribution in [0, 0.1) is 0 Å². The van der Waals surface area contributed by atoms with Gasteiger partial charge in [-0.05, 0) is 36.8 Å². The number of aromatic nitrogens is 2. The van der Waals surface area contributed by atoms with Gasteiger partial charge in [-0.2, -0.15) is 5.10 Å². The molecule has 0 atom stereocenters. The smallest absolute Gasteiger partial charge is 0.306 e. The maximum Gasteiger partial charge on any atom is 0.306 e. The first kappa shape index (κ1) is 19.7. The van der Waals surface area contributed by atoms with Crippen molar-refractivity contribution in [2.24, 2.45) is 0 Å². The maximum absolute atomic E-state index is 12.2. The molecule has 1 aromatic heterocycles. The Morgan fingerprint density at radius 1 is 1.08 bits per heavy atom. The first-order chi connectivity index (χ1) is 12.7. The standard InChI is InChI=1S/C20H26N2O4/c1-2-3-4-15-25-18-8-6-17(7-9-18)19(23)10-11-20(24)26-16-14-22-13-5-12-21-22/h5-9,12-13H,2-4,10-11,14-16H2,1H3. The molecular weight excluding hydrogens is 332 g/mol. The number of nitrogens with zero attached hydrogens (tertiary/aromatic N) is 2. The van der Waals surface area contributed by atoms with Crippen molar-refractivity contribution in [1.29, 1.82) is 0 Å². The van der Waals surface area contributed by atoms with E-state index >= 15 is 0 Å². The lowest BCUT2D eigenvalue weighted by molar-refractivity contribution is -0.143. The van der Waals surface area contributed by atoms with E-state index in [1.165, 1.54) is 0 Å². The fraction of sp³-hybridized carbons (Fsp3) is 0.450. The van der Waals surface area contributed by atoms with Crippen molar-refractivity contribution in [3.8, 4) is 5.75 Å². The van der Waals surface area contributed by atoms with Gasteiger partial charge in [0.25, 0.3) is 0 Å². The van der Waals surface area contributed by atoms with Gasteiger partial charge in [0.1, 0.15) is 12.4 Å². The van der Waals surface area contributed by atoms with E-state index in [2.05, 4.69) is 12.0 Å². The highest BCUT2D eigenvalue weighted by atomic mass is 16.5. The van der Waals surface area contributed by atoms with E-state index in [4.69, 9.17) is 9.47 Å². The van der Waals surface area contributed by atoms with Gasteiger partial charge in [-0.3, -0.25) is 14.3 Å². The first-order valence-electron chi connectivity index (χ1n) is 9.08. The van der Waals surface area contributed by atoms with Crippen LogP contribution in [-0.4, -0.2) is 34.7 Å². The number of hydrogen-bond donors (Lipinski definition) is 0. The highest BCUT2D eigenvalue weighted by Gasteiger charge is 2.10. The average Bonchev–Trinajstić information content (AvgIpc) is 3.17. The topological polar surface area (TPSA) is 70.4 Å². The zero-order chi connectivity index (χ0) is 18.6. The van der Waals surface area contributed by atoms with Crippen LogP contribution in [0.2, 0.25) is 0 Å². The SMILES string of the molecule is CCCCCOc1ccc(C(=O)CCC(=O)OCCn2cccn2)cc1. The molecule has 0 unspecified atom stereocenters. The number of hydrogen-bond acceptors (Lipinski definition) is 5. The predicted molar refractivity (Wildman–Crippen MR) is 98.2 cm³/mol. The lowest BCUT2D eigenvalue weighted by atomic mass is 10.1. The molecule has 2 aromatic rings. The van der Waals surface area contributed by atoms with Gasteiger partial charge in [0, 0.05) is 24.4 Å². The number of esters is 1. The number of unbranched alkanes of at least 4 members (excludes halogenated alkanes) is 2. The molecule has 0 aliphatic carbocycles. The molecule has 0 radical (unpaired) electrons. The number of ketones is 1. The Hall–Kier alpha value is -2.63. The quantitative estimate of drug-likeness (QED) is 0.329. The van der Waals surface area contributed by atoms with Crippen LogP contribution in [-0.2, 0) is 16.1 Å². The summed E-state index contributed by atoms with van der Waals surface area (Å²) in [5.74, 6) is 0.309. The molecule has 0 N–H and O–H groups in total. The van der Waals surface area contributed by atoms with E-state index in [1.54, 1.807) is 41.3 Å². The van der Waals surface area contributed by atoms with Gasteiger partial charge >= 0.3 is 5.97 Å². The van der Waals surface area contributed by atoms with E-state index in [9.17, 15) is 9.59 Å². The minimum absolute atomic E-state index is 0.0766. The molecule has 0 aliphatic rings. The second kappa shape index (κ2) is 11.1. The predicted octanol–water partition coefficient (Wildman–Crippen LogP) is 3.66. The Morgan fingerprint density at radius 2 is 1.88 bits per heavy atom. The molecular formula is C20H26N2O4. The summed E-state index contributed by atoms with van der Waals surface area (Å²) in [4.78, 5) is 23.9. The Labute approximate surface area is 154 Å². The van der Waals surface area contributed by atoms with Crippen molar-refractivity contribution in [3.05, 3.63) is 48.3 Å². The number of rotatable bonds is 12. The third kappa shape index (κ3) is 7.09. The summed E-state index contributed by atoms with van der Waals surface area (Å²) in [6.07, 6.45) is 7.01. The largest absolute Gasteiger partial charge is 0.494 e. The number of carbonyl (C=O) groups is 2. The van der Waals surface area contributed by atoms with Gasteiger partial charge in [-0.25, -0.2) is 0 Å². The second-order valence-electron chi connectivity index (χ2n) is 5.99. The van der Waals surface area contributed by atoms with Crippen LogP contribution in [0.1, 0.15) is 49.4 Å². The average molecular weight is 358 g/mol. The van der Waals surface area contributed by atoms with E-state index in [0.29, 0.717) is 18.7 Å². The van der Waals surface area contributed by atoms with Crippen molar-refractivity contribution in [1.82, 2.24) is 9.78 Å². The van der Waals surface area contributed by atoms with Crippen LogP contribution in [0.25, 0.3) is 0 Å². The number of benzene rings is 1. The molecule has 0 amide bonds. The molecule has 1 heterocycles. The Kier molecular flexibility index (Phi) is 8.39. The summed E-state index contributed by atoms with van der Waals surface area (Å²) >= 11 is 0. The Morgan fingerprint density at radius 3 is 2.58 bits per heavy atom. The molecule has 0 spiro atoms. The summed E-state index contributed by atoms with van der Waals surface area (Å²) in [6.45, 7) is 3.59. The molecule has 6 heteroatoms. The fourth-order valence-corrected chi connectivity index (χ4v) is 2.40. The fourth-order valence-electron chi connectivity index (χ4n) is 2.40. The lowest BCUT2D eigenvalue weighted by Crippen LogP contribution is -2.13. The highest BCUT2D eigenvalue weighted by molar-refractivity contribution is 5.97. The summed E-state index contributed by atoms with van der Waals surface area (Å²) in [7, 11) is 0. The molecule has 26 heavy (non-hydrogen) atoms. The van der Waals surface area contributed by atoms with Crippen LogP contribution < -0.4 is 4.74 Å². The summed E-state index contributed by atoms with van der Waals surface area (Å²) < 4.78 is 12.4. The Bertz CT molecular complexity index is 666. The van der Waals surface area contributed by atoms with Crippen LogP contribution in [0.3, 0.4) is 0 Å². The highest BCUT2D eigenvalue weighted by Crippen LogP contribution is 2.15. The van der Waals surface area contributed by atoms with Gasteiger partial charge in [-0.1, -0.05) is 19.8 Å². The van der Waals surface area contributed by atoms with Crippen LogP contribution >= 0.6 is 0 Å². The van der Waals surface area contributed by atoms with Gasteiger partial charge in [-0.15, -0.1) is 0 Å². The van der Waals surface area contributed by atoms with Crippen molar-refractivity contribution >= 4 is 11.8 Å². The summed E-state index contributed by atoms with van der Waals surface area (Å²) in [5.41, 5.74) is 0.579. The monoisotopic (exact) mass is 358 g/mol. The van der Waals surface area contributed by atoms with Crippen molar-refractivity contribution in [2.75, 3.05) is 13.2 Å². The molecule has 6 nitrogen and oxygen atoms in total. The van der Waals surface area contributed by atoms with Gasteiger partial charge in [0.05, 0.1) is 19.6 Å². The van der Waals surface area contributed by atoms with Crippen LogP contribution in [0.4, 0.5) is 0 Å². The number of Topliss-reactive ketones (excluding diaryl/α,β-unsaturated/α-hetero) is 1. The molecule has 140 valence electrons. The first-order valence-corrected chi connectivity index (χ1v) is 9.08. The van der Waals surface area contributed by atoms with Gasteiger partial charge < -0.3 is 9.47 Å². The van der Waals surface area contributed by atoms with Crippen molar-refractivity contribution in [3.63, 3.8) is 0 Å². The molecule has 0 saturated carbocycles. The molecule has 0 saturated heterocycles. The van der Waals surface area contributed by atoms with Crippen molar-refractivity contribution < 1.29 is 19.1 Å². The normalized spacial score (nSPS) is 10.5. The van der Waals surface area contributed by atoms with Crippen LogP contribution in [0.5, 0.6) is 5.75 Å². The summed E-state index contributed by atoms with van der Waals surface area (Å²) in [5, 5.41) is 4.02. The Balaban J connectivity index is 1.65. The molecule has 0 fully saturated rings. The second-order valence-corrected chi connectivity index (χ2v) is 5.99. The maximum atomic E-state index is 12.2. The molecule has 1 aromatic carbocycles. The molecule has 0 aliphatic heterocycles. The number of carbonyl (C=O) groups excluding carboxylic acids is 2. The van der Waals surface area contributed by atoms with E-state index in [1.807, 2.05) is 6.07 Å². The van der Waals surface area contributed by atoms with Crippen molar-refractivity contribution in [2.45, 2.75) is 45.6 Å². The van der Waals surface area contributed by atoms with E-state index < -0.39 is 0 Å². The minimum Gasteiger partial charge on any atom is -0.494 e. The minimum atomic E-state index is -0.374. The molecule has 0 bridgehead atoms.